The minimum absolute atomic E-state index is 0.929. The van der Waals surface area contributed by atoms with Crippen molar-refractivity contribution in [1.29, 1.82) is 0 Å². The molecule has 5 rings (SSSR count). The number of benzene rings is 3. The van der Waals surface area contributed by atoms with Crippen LogP contribution in [0.3, 0.4) is 0 Å². The summed E-state index contributed by atoms with van der Waals surface area (Å²) in [6, 6.07) is 29.5. The predicted molar refractivity (Wildman–Crippen MR) is 149 cm³/mol. The second kappa shape index (κ2) is 10.8. The third-order valence-corrected chi connectivity index (χ3v) is 7.25. The highest BCUT2D eigenvalue weighted by atomic mass is 32.1. The van der Waals surface area contributed by atoms with Crippen molar-refractivity contribution in [2.75, 3.05) is 32.7 Å². The van der Waals surface area contributed by atoms with Crippen molar-refractivity contribution in [3.8, 4) is 21.8 Å². The summed E-state index contributed by atoms with van der Waals surface area (Å²) in [5.41, 5.74) is 5.53. The Morgan fingerprint density at radius 3 is 2.14 bits per heavy atom. The van der Waals surface area contributed by atoms with Crippen molar-refractivity contribution in [2.24, 2.45) is 4.99 Å². The number of thiazole rings is 1. The van der Waals surface area contributed by atoms with Gasteiger partial charge in [-0.1, -0.05) is 108 Å². The lowest BCUT2D eigenvalue weighted by molar-refractivity contribution is 0.198. The lowest BCUT2D eigenvalue weighted by Crippen LogP contribution is -2.48. The number of hydrogen-bond donors (Lipinski definition) is 0. The number of piperazine rings is 1. The highest BCUT2D eigenvalue weighted by Gasteiger charge is 2.22. The van der Waals surface area contributed by atoms with E-state index in [1.807, 2.05) is 18.2 Å². The molecule has 1 aromatic heterocycles. The largest absolute Gasteiger partial charge is 0.354 e. The monoisotopic (exact) mass is 478 g/mol. The zero-order valence-corrected chi connectivity index (χ0v) is 20.9. The molecule has 0 unspecified atom stereocenters. The first-order valence-corrected chi connectivity index (χ1v) is 12.9. The van der Waals surface area contributed by atoms with E-state index in [2.05, 4.69) is 96.1 Å². The summed E-state index contributed by atoms with van der Waals surface area (Å²) in [6.45, 7) is 10.8. The molecule has 4 aromatic rings. The Morgan fingerprint density at radius 1 is 0.886 bits per heavy atom. The molecule has 35 heavy (non-hydrogen) atoms. The van der Waals surface area contributed by atoms with Crippen LogP contribution >= 0.6 is 11.3 Å². The fourth-order valence-corrected chi connectivity index (χ4v) is 5.28. The number of aryl methyl sites for hydroxylation is 1. The lowest BCUT2D eigenvalue weighted by Gasteiger charge is -2.36. The Kier molecular flexibility index (Phi) is 7.17. The van der Waals surface area contributed by atoms with Gasteiger partial charge in [-0.2, -0.15) is 0 Å². The minimum Gasteiger partial charge on any atom is -0.354 e. The zero-order chi connectivity index (χ0) is 24.0. The normalized spacial score (nSPS) is 14.8. The van der Waals surface area contributed by atoms with Crippen LogP contribution in [-0.2, 0) is 0 Å². The molecule has 176 valence electrons. The first-order valence-electron chi connectivity index (χ1n) is 12.1. The fraction of sp³-hybridized carbons (Fsp3) is 0.200. The molecule has 0 bridgehead atoms. The molecular weight excluding hydrogens is 448 g/mol. The molecule has 0 radical (unpaired) electrons. The molecule has 5 heteroatoms. The van der Waals surface area contributed by atoms with E-state index in [0.717, 1.165) is 71.0 Å². The van der Waals surface area contributed by atoms with Crippen LogP contribution in [0.15, 0.2) is 103 Å². The summed E-state index contributed by atoms with van der Waals surface area (Å²) < 4.78 is 0. The molecule has 0 saturated carbocycles. The molecule has 0 spiro atoms. The SMILES string of the molecule is C=CCN1CCN(C(=Nc2sc(-c3ccccc3)nc2-c2ccccc2)c2ccc(C)cc2)CC1. The van der Waals surface area contributed by atoms with E-state index in [1.54, 1.807) is 11.3 Å². The molecule has 2 heterocycles. The number of amidine groups is 1. The molecule has 1 saturated heterocycles. The van der Waals surface area contributed by atoms with Crippen molar-refractivity contribution in [2.45, 2.75) is 6.92 Å². The van der Waals surface area contributed by atoms with Gasteiger partial charge < -0.3 is 4.90 Å². The third-order valence-electron chi connectivity index (χ3n) is 6.25. The van der Waals surface area contributed by atoms with Crippen LogP contribution in [0.25, 0.3) is 21.8 Å². The maximum atomic E-state index is 5.34. The molecule has 4 nitrogen and oxygen atoms in total. The van der Waals surface area contributed by atoms with E-state index in [4.69, 9.17) is 9.98 Å². The van der Waals surface area contributed by atoms with Gasteiger partial charge in [0.2, 0.25) is 0 Å². The molecule has 1 aliphatic heterocycles. The van der Waals surface area contributed by atoms with E-state index in [9.17, 15) is 0 Å². The van der Waals surface area contributed by atoms with E-state index in [1.165, 1.54) is 5.56 Å². The predicted octanol–water partition coefficient (Wildman–Crippen LogP) is 6.67. The topological polar surface area (TPSA) is 31.7 Å². The average Bonchev–Trinajstić information content (AvgIpc) is 3.34. The maximum Gasteiger partial charge on any atom is 0.146 e. The highest BCUT2D eigenvalue weighted by molar-refractivity contribution is 7.19. The Labute approximate surface area is 211 Å². The number of aliphatic imine (C=N–C) groups is 1. The van der Waals surface area contributed by atoms with Gasteiger partial charge in [0.05, 0.1) is 0 Å². The van der Waals surface area contributed by atoms with E-state index >= 15 is 0 Å². The Bertz CT molecular complexity index is 1290. The van der Waals surface area contributed by atoms with Crippen LogP contribution in [0.1, 0.15) is 11.1 Å². The third kappa shape index (κ3) is 5.42. The maximum absolute atomic E-state index is 5.34. The molecular formula is C30H30N4S. The van der Waals surface area contributed by atoms with Gasteiger partial charge in [-0.15, -0.1) is 6.58 Å². The van der Waals surface area contributed by atoms with Gasteiger partial charge in [0.15, 0.2) is 0 Å². The second-order valence-electron chi connectivity index (χ2n) is 8.78. The van der Waals surface area contributed by atoms with Gasteiger partial charge in [0.1, 0.15) is 21.5 Å². The molecule has 3 aromatic carbocycles. The molecule has 0 amide bonds. The van der Waals surface area contributed by atoms with Crippen LogP contribution in [0, 0.1) is 6.92 Å². The van der Waals surface area contributed by atoms with Gasteiger partial charge in [-0.05, 0) is 6.92 Å². The first kappa shape index (κ1) is 23.2. The van der Waals surface area contributed by atoms with Gasteiger partial charge in [0.25, 0.3) is 0 Å². The Morgan fingerprint density at radius 2 is 1.51 bits per heavy atom. The van der Waals surface area contributed by atoms with Crippen molar-refractivity contribution in [1.82, 2.24) is 14.8 Å². The van der Waals surface area contributed by atoms with Crippen molar-refractivity contribution >= 4 is 22.2 Å². The van der Waals surface area contributed by atoms with Gasteiger partial charge in [-0.3, -0.25) is 4.90 Å². The highest BCUT2D eigenvalue weighted by Crippen LogP contribution is 2.40. The summed E-state index contributed by atoms with van der Waals surface area (Å²) in [4.78, 5) is 15.3. The number of nitrogens with zero attached hydrogens (tertiary/aromatic N) is 4. The van der Waals surface area contributed by atoms with Crippen LogP contribution in [0.4, 0.5) is 5.00 Å². The van der Waals surface area contributed by atoms with Gasteiger partial charge in [0, 0.05) is 49.4 Å². The number of hydrogen-bond acceptors (Lipinski definition) is 4. The second-order valence-corrected chi connectivity index (χ2v) is 9.76. The van der Waals surface area contributed by atoms with E-state index in [-0.39, 0.29) is 0 Å². The first-order chi connectivity index (χ1) is 17.2. The minimum atomic E-state index is 0.929. The average molecular weight is 479 g/mol. The Balaban J connectivity index is 1.60. The summed E-state index contributed by atoms with van der Waals surface area (Å²) in [5, 5.41) is 1.93. The Hall–Kier alpha value is -3.54. The number of aromatic nitrogens is 1. The van der Waals surface area contributed by atoms with Crippen molar-refractivity contribution < 1.29 is 0 Å². The summed E-state index contributed by atoms with van der Waals surface area (Å²) in [7, 11) is 0. The van der Waals surface area contributed by atoms with Crippen LogP contribution < -0.4 is 0 Å². The van der Waals surface area contributed by atoms with E-state index in [0.29, 0.717) is 0 Å². The molecule has 1 aliphatic rings. The summed E-state index contributed by atoms with van der Waals surface area (Å²) >= 11 is 1.66. The quantitative estimate of drug-likeness (QED) is 0.176. The standard InChI is InChI=1S/C30H30N4S/c1-3-18-33-19-21-34(22-20-33)28(25-16-14-23(2)15-17-25)32-30-27(24-10-6-4-7-11-24)31-29(35-30)26-12-8-5-9-13-26/h3-17H,1,18-22H2,2H3. The van der Waals surface area contributed by atoms with Crippen LogP contribution in [0.2, 0.25) is 0 Å². The molecule has 1 fully saturated rings. The molecule has 0 atom stereocenters. The zero-order valence-electron chi connectivity index (χ0n) is 20.1. The van der Waals surface area contributed by atoms with Gasteiger partial charge in [-0.25, -0.2) is 9.98 Å². The molecule has 0 aliphatic carbocycles. The fourth-order valence-electron chi connectivity index (χ4n) is 4.32. The number of rotatable bonds is 6. The van der Waals surface area contributed by atoms with Crippen LogP contribution in [-0.4, -0.2) is 53.3 Å². The lowest BCUT2D eigenvalue weighted by atomic mass is 10.1. The van der Waals surface area contributed by atoms with E-state index < -0.39 is 0 Å². The van der Waals surface area contributed by atoms with Gasteiger partial charge >= 0.3 is 0 Å². The van der Waals surface area contributed by atoms with Crippen LogP contribution in [0.5, 0.6) is 0 Å². The van der Waals surface area contributed by atoms with Crippen molar-refractivity contribution in [3.63, 3.8) is 0 Å². The van der Waals surface area contributed by atoms with Crippen molar-refractivity contribution in [3.05, 3.63) is 109 Å². The smallest absolute Gasteiger partial charge is 0.146 e. The molecule has 0 N–H and O–H groups in total. The summed E-state index contributed by atoms with van der Waals surface area (Å²) in [5.74, 6) is 1.02. The summed E-state index contributed by atoms with van der Waals surface area (Å²) in [6.07, 6.45) is 1.99.